The maximum absolute atomic E-state index is 12.1. The molecular weight excluding hydrogens is 274 g/mol. The van der Waals surface area contributed by atoms with E-state index in [-0.39, 0.29) is 17.4 Å². The molecule has 0 atom stereocenters. The Kier molecular flexibility index (Phi) is 3.62. The van der Waals surface area contributed by atoms with E-state index in [9.17, 15) is 14.9 Å². The first-order valence-electron chi connectivity index (χ1n) is 6.14. The van der Waals surface area contributed by atoms with Crippen LogP contribution in [0, 0.1) is 17.0 Å². The molecule has 1 amide bonds. The smallest absolute Gasteiger partial charge is 0.269 e. The number of nitrogens with zero attached hydrogens (tertiary/aromatic N) is 4. The molecule has 2 N–H and O–H groups in total. The van der Waals surface area contributed by atoms with Crippen molar-refractivity contribution >= 4 is 17.4 Å². The zero-order chi connectivity index (χ0) is 15.7. The van der Waals surface area contributed by atoms with E-state index in [1.165, 1.54) is 33.8 Å². The quantitative estimate of drug-likeness (QED) is 0.678. The number of hydrogen-bond acceptors (Lipinski definition) is 5. The van der Waals surface area contributed by atoms with Gasteiger partial charge in [-0.1, -0.05) is 0 Å². The van der Waals surface area contributed by atoms with Crippen molar-refractivity contribution in [2.24, 2.45) is 0 Å². The van der Waals surface area contributed by atoms with Crippen molar-refractivity contribution in [3.63, 3.8) is 0 Å². The lowest BCUT2D eigenvalue weighted by Crippen LogP contribution is -2.23. The van der Waals surface area contributed by atoms with Crippen molar-refractivity contribution in [1.29, 1.82) is 0 Å². The number of amides is 1. The number of carbonyl (C=O) groups is 1. The van der Waals surface area contributed by atoms with Gasteiger partial charge in [0.2, 0.25) is 0 Å². The molecule has 1 heterocycles. The Bertz CT molecular complexity index is 703. The van der Waals surface area contributed by atoms with Crippen LogP contribution in [0.3, 0.4) is 0 Å². The Morgan fingerprint density at radius 1 is 1.33 bits per heavy atom. The molecule has 1 aromatic heterocycles. The van der Waals surface area contributed by atoms with E-state index in [0.717, 1.165) is 0 Å². The fourth-order valence-electron chi connectivity index (χ4n) is 1.95. The van der Waals surface area contributed by atoms with Gasteiger partial charge in [-0.25, -0.2) is 4.68 Å². The fraction of sp³-hybridized carbons (Fsp3) is 0.231. The Balaban J connectivity index is 2.48. The van der Waals surface area contributed by atoms with Crippen LogP contribution in [0.5, 0.6) is 0 Å². The van der Waals surface area contributed by atoms with Crippen LogP contribution in [-0.4, -0.2) is 39.6 Å². The summed E-state index contributed by atoms with van der Waals surface area (Å²) in [7, 11) is 3.26. The average Bonchev–Trinajstić information content (AvgIpc) is 2.73. The number of nitro benzene ring substituents is 1. The van der Waals surface area contributed by atoms with Crippen molar-refractivity contribution in [2.75, 3.05) is 19.8 Å². The maximum atomic E-state index is 12.1. The molecule has 21 heavy (non-hydrogen) atoms. The second-order valence-corrected chi connectivity index (χ2v) is 4.73. The van der Waals surface area contributed by atoms with Crippen LogP contribution >= 0.6 is 0 Å². The number of anilines is 1. The third kappa shape index (κ3) is 2.55. The van der Waals surface area contributed by atoms with E-state index in [1.54, 1.807) is 21.0 Å². The highest BCUT2D eigenvalue weighted by Crippen LogP contribution is 2.23. The minimum absolute atomic E-state index is 0.0224. The minimum atomic E-state index is -0.484. The fourth-order valence-corrected chi connectivity index (χ4v) is 1.95. The summed E-state index contributed by atoms with van der Waals surface area (Å²) >= 11 is 0. The summed E-state index contributed by atoms with van der Waals surface area (Å²) in [4.78, 5) is 23.7. The molecule has 0 radical (unpaired) electrons. The van der Waals surface area contributed by atoms with Gasteiger partial charge in [-0.05, 0) is 19.1 Å². The van der Waals surface area contributed by atoms with E-state index in [1.807, 2.05) is 0 Å². The molecule has 0 aliphatic heterocycles. The molecule has 8 nitrogen and oxygen atoms in total. The van der Waals surface area contributed by atoms with Crippen LogP contribution in [0.1, 0.15) is 16.1 Å². The molecule has 110 valence electrons. The van der Waals surface area contributed by atoms with Crippen molar-refractivity contribution in [1.82, 2.24) is 14.7 Å². The van der Waals surface area contributed by atoms with Crippen LogP contribution in [-0.2, 0) is 0 Å². The lowest BCUT2D eigenvalue weighted by molar-refractivity contribution is -0.384. The van der Waals surface area contributed by atoms with Gasteiger partial charge in [-0.15, -0.1) is 0 Å². The number of aryl methyl sites for hydroxylation is 1. The molecule has 8 heteroatoms. The van der Waals surface area contributed by atoms with Gasteiger partial charge in [-0.2, -0.15) is 5.10 Å². The lowest BCUT2D eigenvalue weighted by Gasteiger charge is -2.10. The van der Waals surface area contributed by atoms with E-state index in [4.69, 9.17) is 5.73 Å². The van der Waals surface area contributed by atoms with Gasteiger partial charge in [0, 0.05) is 26.2 Å². The first-order chi connectivity index (χ1) is 9.82. The summed E-state index contributed by atoms with van der Waals surface area (Å²) < 4.78 is 1.40. The second kappa shape index (κ2) is 5.23. The third-order valence-corrected chi connectivity index (χ3v) is 3.02. The van der Waals surface area contributed by atoms with Gasteiger partial charge in [0.1, 0.15) is 11.4 Å². The number of carbonyl (C=O) groups excluding carboxylic acids is 1. The number of hydrogen-bond donors (Lipinski definition) is 1. The minimum Gasteiger partial charge on any atom is -0.383 e. The van der Waals surface area contributed by atoms with Gasteiger partial charge in [-0.3, -0.25) is 14.9 Å². The molecule has 2 aromatic rings. The normalized spacial score (nSPS) is 10.4. The lowest BCUT2D eigenvalue weighted by atomic mass is 10.2. The Morgan fingerprint density at radius 3 is 2.38 bits per heavy atom. The monoisotopic (exact) mass is 289 g/mol. The first kappa shape index (κ1) is 14.5. The van der Waals surface area contributed by atoms with Crippen LogP contribution < -0.4 is 5.73 Å². The molecule has 0 aliphatic rings. The predicted molar refractivity (Wildman–Crippen MR) is 77.4 cm³/mol. The summed E-state index contributed by atoms with van der Waals surface area (Å²) in [6.45, 7) is 1.69. The number of rotatable bonds is 3. The molecule has 0 saturated heterocycles. The molecule has 0 unspecified atom stereocenters. The summed E-state index contributed by atoms with van der Waals surface area (Å²) in [6.07, 6.45) is 0. The van der Waals surface area contributed by atoms with Crippen LogP contribution in [0.15, 0.2) is 24.3 Å². The number of nitrogens with two attached hydrogens (primary N) is 1. The van der Waals surface area contributed by atoms with E-state index >= 15 is 0 Å². The highest BCUT2D eigenvalue weighted by molar-refractivity contribution is 5.99. The standard InChI is InChI=1S/C13H15N5O3/c1-8-11(13(19)16(2)3)12(14)17(15-8)9-4-6-10(7-5-9)18(20)21/h4-7H,14H2,1-3H3. The van der Waals surface area contributed by atoms with E-state index in [2.05, 4.69) is 5.10 Å². The zero-order valence-corrected chi connectivity index (χ0v) is 11.9. The molecule has 0 spiro atoms. The molecular formula is C13H15N5O3. The van der Waals surface area contributed by atoms with Crippen molar-refractivity contribution in [2.45, 2.75) is 6.92 Å². The summed E-state index contributed by atoms with van der Waals surface area (Å²) in [5, 5.41) is 14.9. The number of aromatic nitrogens is 2. The van der Waals surface area contributed by atoms with Gasteiger partial charge < -0.3 is 10.6 Å². The predicted octanol–water partition coefficient (Wildman–Crippen LogP) is 1.37. The zero-order valence-electron chi connectivity index (χ0n) is 11.9. The maximum Gasteiger partial charge on any atom is 0.269 e. The highest BCUT2D eigenvalue weighted by atomic mass is 16.6. The summed E-state index contributed by atoms with van der Waals surface area (Å²) in [6, 6.07) is 5.79. The van der Waals surface area contributed by atoms with Gasteiger partial charge >= 0.3 is 0 Å². The number of non-ortho nitro benzene ring substituents is 1. The van der Waals surface area contributed by atoms with Gasteiger partial charge in [0.05, 0.1) is 16.3 Å². The Morgan fingerprint density at radius 2 is 1.90 bits per heavy atom. The van der Waals surface area contributed by atoms with Crippen molar-refractivity contribution in [3.05, 3.63) is 45.6 Å². The first-order valence-corrected chi connectivity index (χ1v) is 6.14. The summed E-state index contributed by atoms with van der Waals surface area (Å²) in [5.74, 6) is -0.0294. The van der Waals surface area contributed by atoms with Gasteiger partial charge in [0.25, 0.3) is 11.6 Å². The van der Waals surface area contributed by atoms with Gasteiger partial charge in [0.15, 0.2) is 0 Å². The van der Waals surface area contributed by atoms with Crippen LogP contribution in [0.2, 0.25) is 0 Å². The average molecular weight is 289 g/mol. The van der Waals surface area contributed by atoms with E-state index in [0.29, 0.717) is 16.9 Å². The third-order valence-electron chi connectivity index (χ3n) is 3.02. The molecule has 0 fully saturated rings. The number of nitro groups is 1. The Labute approximate surface area is 120 Å². The largest absolute Gasteiger partial charge is 0.383 e. The van der Waals surface area contributed by atoms with Crippen molar-refractivity contribution < 1.29 is 9.72 Å². The van der Waals surface area contributed by atoms with E-state index < -0.39 is 4.92 Å². The van der Waals surface area contributed by atoms with Crippen molar-refractivity contribution in [3.8, 4) is 5.69 Å². The second-order valence-electron chi connectivity index (χ2n) is 4.73. The topological polar surface area (TPSA) is 107 Å². The van der Waals surface area contributed by atoms with Crippen LogP contribution in [0.25, 0.3) is 5.69 Å². The molecule has 1 aromatic carbocycles. The molecule has 0 bridgehead atoms. The van der Waals surface area contributed by atoms with Crippen LogP contribution in [0.4, 0.5) is 11.5 Å². The molecule has 0 aliphatic carbocycles. The SMILES string of the molecule is Cc1nn(-c2ccc([N+](=O)[O-])cc2)c(N)c1C(=O)N(C)C. The number of benzene rings is 1. The number of nitrogen functional groups attached to an aromatic ring is 1. The molecule has 0 saturated carbocycles. The highest BCUT2D eigenvalue weighted by Gasteiger charge is 2.21. The molecule has 2 rings (SSSR count). The summed E-state index contributed by atoms with van der Waals surface area (Å²) in [5.41, 5.74) is 7.36. The Hall–Kier alpha value is -2.90.